The lowest BCUT2D eigenvalue weighted by molar-refractivity contribution is -0.140. The molecule has 0 bridgehead atoms. The number of morpholine rings is 1. The quantitative estimate of drug-likeness (QED) is 0.578. The molecule has 1 aromatic heterocycles. The molecular weight excluding hydrogens is 350 g/mol. The van der Waals surface area contributed by atoms with Crippen molar-refractivity contribution < 1.29 is 14.3 Å². The van der Waals surface area contributed by atoms with Crippen molar-refractivity contribution in [2.75, 3.05) is 38.3 Å². The number of hydrogen-bond acceptors (Lipinski definition) is 7. The third-order valence-electron chi connectivity index (χ3n) is 4.97. The Morgan fingerprint density at radius 1 is 1.35 bits per heavy atom. The zero-order chi connectivity index (χ0) is 18.5. The number of methoxy groups -OCH3 is 1. The Morgan fingerprint density at radius 3 is 2.65 bits per heavy atom. The standard InChI is InChI=1S/C19H25N3O3S/c1-3-16(19(23)24-2)26-18-15(12-20)13-6-4-5-7-14(13)17(21-18)22-8-10-25-11-9-22/h16H,3-11H2,1-2H3/t16-/m1/s1. The molecule has 140 valence electrons. The SMILES string of the molecule is CC[C@@H](Sc1nc(N2CCOCC2)c2c(c1C#N)CCCC2)C(=O)OC. The molecule has 1 aliphatic heterocycles. The highest BCUT2D eigenvalue weighted by molar-refractivity contribution is 8.00. The monoisotopic (exact) mass is 375 g/mol. The van der Waals surface area contributed by atoms with E-state index in [9.17, 15) is 10.1 Å². The molecule has 0 radical (unpaired) electrons. The number of nitrogens with zero attached hydrogens (tertiary/aromatic N) is 3. The largest absolute Gasteiger partial charge is 0.468 e. The Labute approximate surface area is 158 Å². The van der Waals surface area contributed by atoms with Gasteiger partial charge in [0.2, 0.25) is 0 Å². The van der Waals surface area contributed by atoms with Gasteiger partial charge in [-0.2, -0.15) is 5.26 Å². The minimum atomic E-state index is -0.348. The molecule has 1 saturated heterocycles. The lowest BCUT2D eigenvalue weighted by Crippen LogP contribution is -2.38. The van der Waals surface area contributed by atoms with E-state index in [-0.39, 0.29) is 11.2 Å². The van der Waals surface area contributed by atoms with E-state index >= 15 is 0 Å². The van der Waals surface area contributed by atoms with Crippen molar-refractivity contribution in [3.63, 3.8) is 0 Å². The van der Waals surface area contributed by atoms with Crippen LogP contribution >= 0.6 is 11.8 Å². The van der Waals surface area contributed by atoms with Crippen LogP contribution in [0.5, 0.6) is 0 Å². The summed E-state index contributed by atoms with van der Waals surface area (Å²) in [4.78, 5) is 19.2. The lowest BCUT2D eigenvalue weighted by Gasteiger charge is -2.32. The molecule has 3 rings (SSSR count). The van der Waals surface area contributed by atoms with Crippen molar-refractivity contribution in [3.05, 3.63) is 16.7 Å². The van der Waals surface area contributed by atoms with Gasteiger partial charge in [-0.3, -0.25) is 4.79 Å². The van der Waals surface area contributed by atoms with Crippen molar-refractivity contribution in [1.82, 2.24) is 4.98 Å². The first-order valence-electron chi connectivity index (χ1n) is 9.22. The average molecular weight is 375 g/mol. The van der Waals surface area contributed by atoms with Crippen LogP contribution in [0.1, 0.15) is 42.9 Å². The zero-order valence-corrected chi connectivity index (χ0v) is 16.2. The fraction of sp³-hybridized carbons (Fsp3) is 0.632. The van der Waals surface area contributed by atoms with E-state index in [2.05, 4.69) is 11.0 Å². The maximum Gasteiger partial charge on any atom is 0.319 e. The first-order valence-corrected chi connectivity index (χ1v) is 10.1. The third-order valence-corrected chi connectivity index (χ3v) is 6.30. The molecule has 1 atom stereocenters. The molecule has 0 unspecified atom stereocenters. The molecule has 0 amide bonds. The van der Waals surface area contributed by atoms with Gasteiger partial charge in [-0.05, 0) is 43.2 Å². The maximum absolute atomic E-state index is 12.0. The summed E-state index contributed by atoms with van der Waals surface area (Å²) in [6.07, 6.45) is 4.72. The molecule has 7 heteroatoms. The van der Waals surface area contributed by atoms with E-state index in [1.54, 1.807) is 0 Å². The highest BCUT2D eigenvalue weighted by Gasteiger charge is 2.28. The van der Waals surface area contributed by atoms with E-state index in [4.69, 9.17) is 14.5 Å². The first kappa shape index (κ1) is 19.0. The van der Waals surface area contributed by atoms with Crippen LogP contribution in [-0.2, 0) is 27.1 Å². The van der Waals surface area contributed by atoms with E-state index in [0.29, 0.717) is 30.2 Å². The van der Waals surface area contributed by atoms with Gasteiger partial charge in [0.05, 0.1) is 25.9 Å². The fourth-order valence-corrected chi connectivity index (χ4v) is 4.63. The number of aromatic nitrogens is 1. The molecule has 1 fully saturated rings. The topological polar surface area (TPSA) is 75.5 Å². The molecule has 1 aliphatic carbocycles. The minimum absolute atomic E-state index is 0.270. The summed E-state index contributed by atoms with van der Waals surface area (Å²) in [7, 11) is 1.40. The number of rotatable bonds is 5. The minimum Gasteiger partial charge on any atom is -0.468 e. The van der Waals surface area contributed by atoms with Crippen LogP contribution in [0.3, 0.4) is 0 Å². The summed E-state index contributed by atoms with van der Waals surface area (Å²) in [5.74, 6) is 0.707. The van der Waals surface area contributed by atoms with Crippen LogP contribution < -0.4 is 4.90 Å². The lowest BCUT2D eigenvalue weighted by atomic mass is 9.89. The summed E-state index contributed by atoms with van der Waals surface area (Å²) < 4.78 is 10.4. The van der Waals surface area contributed by atoms with Crippen LogP contribution in [0, 0.1) is 11.3 Å². The van der Waals surface area contributed by atoms with Gasteiger partial charge >= 0.3 is 5.97 Å². The van der Waals surface area contributed by atoms with Crippen LogP contribution in [-0.4, -0.2) is 49.6 Å². The average Bonchev–Trinajstić information content (AvgIpc) is 2.71. The second-order valence-corrected chi connectivity index (χ2v) is 7.72. The Morgan fingerprint density at radius 2 is 2.04 bits per heavy atom. The second kappa shape index (κ2) is 8.74. The predicted molar refractivity (Wildman–Crippen MR) is 101 cm³/mol. The molecule has 1 aromatic rings. The van der Waals surface area contributed by atoms with E-state index in [1.165, 1.54) is 24.4 Å². The highest BCUT2D eigenvalue weighted by Crippen LogP contribution is 2.38. The number of thioether (sulfide) groups is 1. The van der Waals surface area contributed by atoms with Gasteiger partial charge in [0.1, 0.15) is 22.2 Å². The van der Waals surface area contributed by atoms with Gasteiger partial charge < -0.3 is 14.4 Å². The molecular formula is C19H25N3O3S. The summed E-state index contributed by atoms with van der Waals surface area (Å²) in [6, 6.07) is 2.36. The van der Waals surface area contributed by atoms with Gasteiger partial charge in [-0.1, -0.05) is 18.7 Å². The molecule has 2 aliphatic rings. The Hall–Kier alpha value is -1.78. The number of hydrogen-bond donors (Lipinski definition) is 0. The second-order valence-electron chi connectivity index (χ2n) is 6.53. The smallest absolute Gasteiger partial charge is 0.319 e. The highest BCUT2D eigenvalue weighted by atomic mass is 32.2. The van der Waals surface area contributed by atoms with Crippen LogP contribution in [0.2, 0.25) is 0 Å². The normalized spacial score (nSPS) is 18.0. The molecule has 0 aromatic carbocycles. The number of nitriles is 1. The Bertz CT molecular complexity index is 711. The van der Waals surface area contributed by atoms with Gasteiger partial charge in [0.25, 0.3) is 0 Å². The van der Waals surface area contributed by atoms with Gasteiger partial charge in [-0.25, -0.2) is 4.98 Å². The van der Waals surface area contributed by atoms with Crippen molar-refractivity contribution in [2.45, 2.75) is 49.3 Å². The summed E-state index contributed by atoms with van der Waals surface area (Å²) >= 11 is 1.36. The number of fused-ring (bicyclic) bond motifs is 1. The van der Waals surface area contributed by atoms with Gasteiger partial charge in [-0.15, -0.1) is 0 Å². The predicted octanol–water partition coefficient (Wildman–Crippen LogP) is 2.71. The summed E-state index contributed by atoms with van der Waals surface area (Å²) in [6.45, 7) is 4.95. The Kier molecular flexibility index (Phi) is 6.38. The molecule has 2 heterocycles. The number of pyridine rings is 1. The van der Waals surface area contributed by atoms with Crippen LogP contribution in [0.25, 0.3) is 0 Å². The number of carbonyl (C=O) groups excluding carboxylic acids is 1. The van der Waals surface area contributed by atoms with Crippen LogP contribution in [0.15, 0.2) is 5.03 Å². The van der Waals surface area contributed by atoms with E-state index in [0.717, 1.165) is 50.2 Å². The van der Waals surface area contributed by atoms with Gasteiger partial charge in [0.15, 0.2) is 0 Å². The Balaban J connectivity index is 2.05. The zero-order valence-electron chi connectivity index (χ0n) is 15.4. The number of ether oxygens (including phenoxy) is 2. The van der Waals surface area contributed by atoms with Crippen molar-refractivity contribution in [1.29, 1.82) is 5.26 Å². The van der Waals surface area contributed by atoms with Crippen molar-refractivity contribution >= 4 is 23.5 Å². The van der Waals surface area contributed by atoms with E-state index < -0.39 is 0 Å². The molecule has 0 N–H and O–H groups in total. The van der Waals surface area contributed by atoms with Gasteiger partial charge in [0, 0.05) is 13.1 Å². The molecule has 0 saturated carbocycles. The van der Waals surface area contributed by atoms with Crippen molar-refractivity contribution in [2.24, 2.45) is 0 Å². The van der Waals surface area contributed by atoms with Crippen LogP contribution in [0.4, 0.5) is 5.82 Å². The molecule has 6 nitrogen and oxygen atoms in total. The number of anilines is 1. The maximum atomic E-state index is 12.0. The third kappa shape index (κ3) is 3.81. The fourth-order valence-electron chi connectivity index (χ4n) is 3.58. The number of esters is 1. The molecule has 0 spiro atoms. The van der Waals surface area contributed by atoms with E-state index in [1.807, 2.05) is 6.92 Å². The number of carbonyl (C=O) groups is 1. The van der Waals surface area contributed by atoms with Crippen molar-refractivity contribution in [3.8, 4) is 6.07 Å². The molecule has 26 heavy (non-hydrogen) atoms. The summed E-state index contributed by atoms with van der Waals surface area (Å²) in [5.41, 5.74) is 2.98. The summed E-state index contributed by atoms with van der Waals surface area (Å²) in [5, 5.41) is 10.1. The first-order chi connectivity index (χ1) is 12.7.